The Morgan fingerprint density at radius 2 is 2.05 bits per heavy atom. The molecule has 1 heterocycles. The molecule has 0 bridgehead atoms. The Hall–Kier alpha value is -1.58. The maximum atomic E-state index is 13.2. The van der Waals surface area contributed by atoms with Crippen molar-refractivity contribution in [3.63, 3.8) is 0 Å². The number of hydrogen-bond donors (Lipinski definition) is 1. The Morgan fingerprint density at radius 1 is 1.32 bits per heavy atom. The van der Waals surface area contributed by atoms with Crippen molar-refractivity contribution in [1.29, 1.82) is 0 Å². The molecule has 3 rings (SSSR count). The fourth-order valence-electron chi connectivity index (χ4n) is 3.35. The highest BCUT2D eigenvalue weighted by molar-refractivity contribution is 5.78. The van der Waals surface area contributed by atoms with Crippen LogP contribution in [0.4, 0.5) is 10.3 Å². The van der Waals surface area contributed by atoms with E-state index in [0.29, 0.717) is 23.4 Å². The smallest absolute Gasteiger partial charge is 0.201 e. The summed E-state index contributed by atoms with van der Waals surface area (Å²) in [4.78, 5) is 4.29. The van der Waals surface area contributed by atoms with Gasteiger partial charge in [-0.3, -0.25) is 0 Å². The van der Waals surface area contributed by atoms with Crippen molar-refractivity contribution in [2.75, 3.05) is 5.73 Å². The van der Waals surface area contributed by atoms with Gasteiger partial charge in [0.1, 0.15) is 5.82 Å². The van der Waals surface area contributed by atoms with Gasteiger partial charge in [-0.1, -0.05) is 19.3 Å². The Bertz CT molecular complexity index is 584. The van der Waals surface area contributed by atoms with E-state index in [4.69, 9.17) is 5.73 Å². The minimum Gasteiger partial charge on any atom is -0.369 e. The molecule has 1 fully saturated rings. The third-order valence-corrected chi connectivity index (χ3v) is 4.42. The van der Waals surface area contributed by atoms with Gasteiger partial charge in [0.25, 0.3) is 0 Å². The van der Waals surface area contributed by atoms with Crippen LogP contribution in [0.2, 0.25) is 0 Å². The first-order valence-electron chi connectivity index (χ1n) is 7.10. The highest BCUT2D eigenvalue weighted by Gasteiger charge is 2.24. The van der Waals surface area contributed by atoms with Crippen LogP contribution >= 0.6 is 0 Å². The molecule has 0 saturated heterocycles. The molecule has 0 amide bonds. The van der Waals surface area contributed by atoms with Crippen molar-refractivity contribution < 1.29 is 4.39 Å². The predicted molar refractivity (Wildman–Crippen MR) is 75.4 cm³/mol. The molecule has 1 aromatic heterocycles. The second kappa shape index (κ2) is 4.83. The van der Waals surface area contributed by atoms with Gasteiger partial charge in [-0.25, -0.2) is 9.37 Å². The highest BCUT2D eigenvalue weighted by Crippen LogP contribution is 2.35. The second-order valence-electron chi connectivity index (χ2n) is 5.61. The van der Waals surface area contributed by atoms with E-state index in [1.54, 1.807) is 6.07 Å². The van der Waals surface area contributed by atoms with Gasteiger partial charge in [-0.2, -0.15) is 0 Å². The summed E-state index contributed by atoms with van der Waals surface area (Å²) >= 11 is 0. The van der Waals surface area contributed by atoms with Gasteiger partial charge >= 0.3 is 0 Å². The maximum Gasteiger partial charge on any atom is 0.201 e. The van der Waals surface area contributed by atoms with Crippen molar-refractivity contribution in [3.8, 4) is 0 Å². The molecular weight excluding hydrogens is 241 g/mol. The predicted octanol–water partition coefficient (Wildman–Crippen LogP) is 3.90. The lowest BCUT2D eigenvalue weighted by Gasteiger charge is -2.29. The molecule has 0 radical (unpaired) electrons. The van der Waals surface area contributed by atoms with Crippen LogP contribution in [-0.4, -0.2) is 9.55 Å². The first-order valence-corrected chi connectivity index (χ1v) is 7.10. The minimum atomic E-state index is -0.262. The molecule has 19 heavy (non-hydrogen) atoms. The third-order valence-electron chi connectivity index (χ3n) is 4.42. The standard InChI is InChI=1S/C15H20FN3/c1-10(11-5-3-2-4-6-11)19-14-8-7-12(16)9-13(14)18-15(19)17/h7-11H,2-6H2,1H3,(H2,17,18). The lowest BCUT2D eigenvalue weighted by Crippen LogP contribution is -2.20. The zero-order chi connectivity index (χ0) is 13.4. The molecule has 1 unspecified atom stereocenters. The summed E-state index contributed by atoms with van der Waals surface area (Å²) in [7, 11) is 0. The lowest BCUT2D eigenvalue weighted by atomic mass is 9.84. The van der Waals surface area contributed by atoms with E-state index in [9.17, 15) is 4.39 Å². The Labute approximate surface area is 112 Å². The van der Waals surface area contributed by atoms with Gasteiger partial charge in [-0.05, 0) is 37.8 Å². The first kappa shape index (κ1) is 12.5. The average Bonchev–Trinajstić information content (AvgIpc) is 2.74. The van der Waals surface area contributed by atoms with E-state index in [-0.39, 0.29) is 5.82 Å². The van der Waals surface area contributed by atoms with Gasteiger partial charge in [0, 0.05) is 12.1 Å². The number of halogens is 1. The van der Waals surface area contributed by atoms with Crippen LogP contribution in [0.1, 0.15) is 45.1 Å². The largest absolute Gasteiger partial charge is 0.369 e. The molecule has 1 aromatic carbocycles. The zero-order valence-corrected chi connectivity index (χ0v) is 11.3. The molecule has 1 saturated carbocycles. The summed E-state index contributed by atoms with van der Waals surface area (Å²) in [5.41, 5.74) is 7.63. The summed E-state index contributed by atoms with van der Waals surface area (Å²) in [5.74, 6) is 0.889. The summed E-state index contributed by atoms with van der Waals surface area (Å²) in [6, 6.07) is 5.05. The molecule has 102 valence electrons. The number of anilines is 1. The molecule has 3 nitrogen and oxygen atoms in total. The van der Waals surface area contributed by atoms with Crippen LogP contribution in [0.25, 0.3) is 11.0 Å². The van der Waals surface area contributed by atoms with Crippen molar-refractivity contribution >= 4 is 17.0 Å². The van der Waals surface area contributed by atoms with Crippen molar-refractivity contribution in [1.82, 2.24) is 9.55 Å². The molecule has 0 aliphatic heterocycles. The summed E-state index contributed by atoms with van der Waals surface area (Å²) in [6.45, 7) is 2.21. The van der Waals surface area contributed by atoms with Crippen molar-refractivity contribution in [2.45, 2.75) is 45.1 Å². The Morgan fingerprint density at radius 3 is 2.79 bits per heavy atom. The number of benzene rings is 1. The average molecular weight is 261 g/mol. The molecule has 2 N–H and O–H groups in total. The van der Waals surface area contributed by atoms with Crippen LogP contribution in [0.5, 0.6) is 0 Å². The molecule has 2 aromatic rings. The van der Waals surface area contributed by atoms with Crippen LogP contribution in [0.3, 0.4) is 0 Å². The first-order chi connectivity index (χ1) is 9.16. The van der Waals surface area contributed by atoms with Gasteiger partial charge in [0.2, 0.25) is 5.95 Å². The number of rotatable bonds is 2. The van der Waals surface area contributed by atoms with E-state index in [0.717, 1.165) is 5.52 Å². The fourth-order valence-corrected chi connectivity index (χ4v) is 3.35. The number of imidazole rings is 1. The maximum absolute atomic E-state index is 13.2. The molecule has 1 aliphatic rings. The number of nitrogen functional groups attached to an aromatic ring is 1. The van der Waals surface area contributed by atoms with Gasteiger partial charge in [-0.15, -0.1) is 0 Å². The van der Waals surface area contributed by atoms with Gasteiger partial charge in [0.05, 0.1) is 11.0 Å². The van der Waals surface area contributed by atoms with Gasteiger partial charge in [0.15, 0.2) is 0 Å². The molecule has 1 atom stereocenters. The Kier molecular flexibility index (Phi) is 3.17. The summed E-state index contributed by atoms with van der Waals surface area (Å²) < 4.78 is 15.3. The second-order valence-corrected chi connectivity index (χ2v) is 5.61. The quantitative estimate of drug-likeness (QED) is 0.891. The van der Waals surface area contributed by atoms with Crippen LogP contribution < -0.4 is 5.73 Å². The van der Waals surface area contributed by atoms with Crippen LogP contribution in [-0.2, 0) is 0 Å². The minimum absolute atomic E-state index is 0.262. The number of fused-ring (bicyclic) bond motifs is 1. The molecule has 4 heteroatoms. The van der Waals surface area contributed by atoms with E-state index < -0.39 is 0 Å². The fraction of sp³-hybridized carbons (Fsp3) is 0.533. The number of hydrogen-bond acceptors (Lipinski definition) is 2. The molecule has 1 aliphatic carbocycles. The third kappa shape index (κ3) is 2.20. The number of aromatic nitrogens is 2. The number of nitrogens with two attached hydrogens (primary N) is 1. The highest BCUT2D eigenvalue weighted by atomic mass is 19.1. The van der Waals surface area contributed by atoms with E-state index in [1.807, 2.05) is 0 Å². The summed E-state index contributed by atoms with van der Waals surface area (Å²) in [6.07, 6.45) is 6.45. The van der Waals surface area contributed by atoms with Gasteiger partial charge < -0.3 is 10.3 Å². The van der Waals surface area contributed by atoms with Crippen LogP contribution in [0.15, 0.2) is 18.2 Å². The van der Waals surface area contributed by atoms with Crippen molar-refractivity contribution in [2.24, 2.45) is 5.92 Å². The van der Waals surface area contributed by atoms with E-state index in [1.165, 1.54) is 44.2 Å². The topological polar surface area (TPSA) is 43.8 Å². The van der Waals surface area contributed by atoms with E-state index in [2.05, 4.69) is 16.5 Å². The normalized spacial score (nSPS) is 18.8. The lowest BCUT2D eigenvalue weighted by molar-refractivity contribution is 0.269. The zero-order valence-electron chi connectivity index (χ0n) is 11.3. The molecule has 0 spiro atoms. The SMILES string of the molecule is CC(C1CCCCC1)n1c(N)nc2cc(F)ccc21. The monoisotopic (exact) mass is 261 g/mol. The number of nitrogens with zero attached hydrogens (tertiary/aromatic N) is 2. The van der Waals surface area contributed by atoms with E-state index >= 15 is 0 Å². The summed E-state index contributed by atoms with van der Waals surface area (Å²) in [5, 5.41) is 0. The van der Waals surface area contributed by atoms with Crippen LogP contribution in [0, 0.1) is 11.7 Å². The Balaban J connectivity index is 2.01. The molecular formula is C15H20FN3. The van der Waals surface area contributed by atoms with Crippen molar-refractivity contribution in [3.05, 3.63) is 24.0 Å².